The molecule has 1 atom stereocenters. The van der Waals surface area contributed by atoms with E-state index >= 15 is 0 Å². The molecule has 3 rings (SSSR count). The molecule has 2 heterocycles. The number of aliphatic imine (C=N–C) groups is 1. The van der Waals surface area contributed by atoms with Crippen molar-refractivity contribution in [2.24, 2.45) is 4.99 Å². The van der Waals surface area contributed by atoms with Crippen molar-refractivity contribution >= 4 is 41.3 Å². The van der Waals surface area contributed by atoms with E-state index in [4.69, 9.17) is 9.47 Å². The molecule has 0 aliphatic carbocycles. The third-order valence-electron chi connectivity index (χ3n) is 4.55. The van der Waals surface area contributed by atoms with Gasteiger partial charge in [0.05, 0.1) is 12.1 Å². The summed E-state index contributed by atoms with van der Waals surface area (Å²) in [5.74, 6) is 2.60. The minimum atomic E-state index is 0. The molecule has 1 aliphatic rings. The topological polar surface area (TPSA) is 67.8 Å². The first-order chi connectivity index (χ1) is 13.1. The average molecular weight is 516 g/mol. The number of rotatable bonds is 7. The maximum atomic E-state index is 5.87. The fourth-order valence-electron chi connectivity index (χ4n) is 3.12. The van der Waals surface area contributed by atoms with Crippen molar-refractivity contribution in [3.63, 3.8) is 0 Å². The molecule has 0 saturated carbocycles. The summed E-state index contributed by atoms with van der Waals surface area (Å²) in [6, 6.07) is 4.15. The van der Waals surface area contributed by atoms with Gasteiger partial charge in [-0.05, 0) is 25.5 Å². The predicted molar refractivity (Wildman–Crippen MR) is 126 cm³/mol. The number of hydrogen-bond acceptors (Lipinski definition) is 5. The molecule has 28 heavy (non-hydrogen) atoms. The van der Waals surface area contributed by atoms with Crippen LogP contribution in [0.1, 0.15) is 34.9 Å². The number of halogens is 1. The number of aromatic nitrogens is 1. The lowest BCUT2D eigenvalue weighted by atomic mass is 10.1. The lowest BCUT2D eigenvalue weighted by molar-refractivity contribution is 0.254. The smallest absolute Gasteiger partial charge is 0.191 e. The van der Waals surface area contributed by atoms with Crippen LogP contribution in [-0.2, 0) is 25.8 Å². The summed E-state index contributed by atoms with van der Waals surface area (Å²) in [5, 5.41) is 7.85. The van der Waals surface area contributed by atoms with Gasteiger partial charge in [0, 0.05) is 55.2 Å². The summed E-state index contributed by atoms with van der Waals surface area (Å²) in [7, 11) is 3.48. The zero-order chi connectivity index (χ0) is 19.2. The van der Waals surface area contributed by atoms with Crippen molar-refractivity contribution in [1.29, 1.82) is 0 Å². The first-order valence-corrected chi connectivity index (χ1v) is 10.2. The molecule has 1 aromatic heterocycles. The van der Waals surface area contributed by atoms with Crippen LogP contribution < -0.4 is 20.1 Å². The molecule has 6 nitrogen and oxygen atoms in total. The largest absolute Gasteiger partial charge is 0.496 e. The zero-order valence-electron chi connectivity index (χ0n) is 16.9. The number of hydrogen-bond donors (Lipinski definition) is 2. The number of thiazole rings is 1. The number of benzene rings is 1. The molecule has 2 N–H and O–H groups in total. The highest BCUT2D eigenvalue weighted by molar-refractivity contribution is 14.0. The highest BCUT2D eigenvalue weighted by atomic mass is 127. The Morgan fingerprint density at radius 1 is 1.39 bits per heavy atom. The summed E-state index contributed by atoms with van der Waals surface area (Å²) in [6.45, 7) is 5.64. The molecule has 1 unspecified atom stereocenters. The molecule has 1 aliphatic heterocycles. The Labute approximate surface area is 188 Å². The van der Waals surface area contributed by atoms with Gasteiger partial charge in [-0.3, -0.25) is 4.99 Å². The minimum Gasteiger partial charge on any atom is -0.496 e. The Kier molecular flexibility index (Phi) is 8.81. The van der Waals surface area contributed by atoms with Crippen LogP contribution in [0, 0.1) is 0 Å². The number of fused-ring (bicyclic) bond motifs is 1. The van der Waals surface area contributed by atoms with Gasteiger partial charge in [0.2, 0.25) is 0 Å². The van der Waals surface area contributed by atoms with Crippen LogP contribution in [0.25, 0.3) is 0 Å². The maximum Gasteiger partial charge on any atom is 0.191 e. The standard InChI is InChI=1S/C20H28N4O2S.HI/c1-5-16-12-23-19(27-16)6-7-22-20(21-3)24-11-15-10-18-14(8-13(2)26-18)9-17(15)25-4;/h9-10,12-13H,5-8,11H2,1-4H3,(H2,21,22,24);1H. The Hall–Kier alpha value is -1.55. The maximum absolute atomic E-state index is 5.87. The van der Waals surface area contributed by atoms with E-state index in [0.717, 1.165) is 53.8 Å². The second-order valence-corrected chi connectivity index (χ2v) is 7.78. The summed E-state index contributed by atoms with van der Waals surface area (Å²) in [6.07, 6.45) is 5.05. The van der Waals surface area contributed by atoms with Gasteiger partial charge in [-0.1, -0.05) is 6.92 Å². The fraction of sp³-hybridized carbons (Fsp3) is 0.500. The highest BCUT2D eigenvalue weighted by Crippen LogP contribution is 2.34. The zero-order valence-corrected chi connectivity index (χ0v) is 20.0. The molecule has 8 heteroatoms. The summed E-state index contributed by atoms with van der Waals surface area (Å²) < 4.78 is 11.4. The van der Waals surface area contributed by atoms with Crippen LogP contribution >= 0.6 is 35.3 Å². The number of aryl methyl sites for hydroxylation is 1. The molecular weight excluding hydrogens is 487 g/mol. The quantitative estimate of drug-likeness (QED) is 0.335. The first kappa shape index (κ1) is 22.7. The van der Waals surface area contributed by atoms with Gasteiger partial charge in [0.25, 0.3) is 0 Å². The van der Waals surface area contributed by atoms with Crippen LogP contribution in [0.15, 0.2) is 23.3 Å². The van der Waals surface area contributed by atoms with Gasteiger partial charge in [-0.15, -0.1) is 35.3 Å². The van der Waals surface area contributed by atoms with Gasteiger partial charge in [-0.25, -0.2) is 4.98 Å². The van der Waals surface area contributed by atoms with Crippen molar-refractivity contribution in [2.75, 3.05) is 20.7 Å². The molecule has 0 spiro atoms. The van der Waals surface area contributed by atoms with Gasteiger partial charge in [0.1, 0.15) is 17.6 Å². The van der Waals surface area contributed by atoms with Crippen molar-refractivity contribution in [3.8, 4) is 11.5 Å². The van der Waals surface area contributed by atoms with Crippen LogP contribution in [-0.4, -0.2) is 37.7 Å². The van der Waals surface area contributed by atoms with Gasteiger partial charge in [-0.2, -0.15) is 0 Å². The van der Waals surface area contributed by atoms with E-state index in [0.29, 0.717) is 6.54 Å². The molecule has 0 amide bonds. The number of ether oxygens (including phenoxy) is 2. The first-order valence-electron chi connectivity index (χ1n) is 9.37. The molecule has 2 aromatic rings. The van der Waals surface area contributed by atoms with Crippen molar-refractivity contribution < 1.29 is 9.47 Å². The number of methoxy groups -OCH3 is 1. The van der Waals surface area contributed by atoms with Crippen LogP contribution in [0.2, 0.25) is 0 Å². The van der Waals surface area contributed by atoms with Gasteiger partial charge >= 0.3 is 0 Å². The van der Waals surface area contributed by atoms with Gasteiger partial charge < -0.3 is 20.1 Å². The van der Waals surface area contributed by atoms with E-state index in [9.17, 15) is 0 Å². The Morgan fingerprint density at radius 2 is 2.21 bits per heavy atom. The Morgan fingerprint density at radius 3 is 2.89 bits per heavy atom. The highest BCUT2D eigenvalue weighted by Gasteiger charge is 2.21. The van der Waals surface area contributed by atoms with E-state index in [1.54, 1.807) is 25.5 Å². The minimum absolute atomic E-state index is 0. The van der Waals surface area contributed by atoms with Crippen molar-refractivity contribution in [1.82, 2.24) is 15.6 Å². The SMILES string of the molecule is CCc1cnc(CCNC(=NC)NCc2cc3c(cc2OC)CC(C)O3)s1.I. The average Bonchev–Trinajstić information content (AvgIpc) is 3.28. The number of nitrogens with zero attached hydrogens (tertiary/aromatic N) is 2. The number of guanidine groups is 1. The van der Waals surface area contributed by atoms with Crippen LogP contribution in [0.3, 0.4) is 0 Å². The Bertz CT molecular complexity index is 809. The normalized spacial score (nSPS) is 15.4. The number of nitrogens with one attached hydrogen (secondary N) is 2. The van der Waals surface area contributed by atoms with Crippen LogP contribution in [0.4, 0.5) is 0 Å². The third kappa shape index (κ3) is 5.73. The molecule has 0 fully saturated rings. The predicted octanol–water partition coefficient (Wildman–Crippen LogP) is 3.56. The molecule has 0 bridgehead atoms. The van der Waals surface area contributed by atoms with Gasteiger partial charge in [0.15, 0.2) is 5.96 Å². The second-order valence-electron chi connectivity index (χ2n) is 6.58. The van der Waals surface area contributed by atoms with E-state index < -0.39 is 0 Å². The fourth-order valence-corrected chi connectivity index (χ4v) is 3.99. The summed E-state index contributed by atoms with van der Waals surface area (Å²) in [5.41, 5.74) is 2.27. The third-order valence-corrected chi connectivity index (χ3v) is 5.75. The molecule has 0 saturated heterocycles. The van der Waals surface area contributed by atoms with Crippen molar-refractivity contribution in [2.45, 2.75) is 45.8 Å². The van der Waals surface area contributed by atoms with Crippen LogP contribution in [0.5, 0.6) is 11.5 Å². The van der Waals surface area contributed by atoms with E-state index in [2.05, 4.69) is 46.6 Å². The summed E-state index contributed by atoms with van der Waals surface area (Å²) in [4.78, 5) is 10.1. The van der Waals surface area contributed by atoms with E-state index in [1.807, 2.05) is 6.20 Å². The van der Waals surface area contributed by atoms with Crippen molar-refractivity contribution in [3.05, 3.63) is 39.3 Å². The van der Waals surface area contributed by atoms with E-state index in [1.165, 1.54) is 10.4 Å². The Balaban J connectivity index is 0.00000280. The monoisotopic (exact) mass is 516 g/mol. The lowest BCUT2D eigenvalue weighted by Gasteiger charge is -2.14. The van der Waals surface area contributed by atoms with E-state index in [-0.39, 0.29) is 30.1 Å². The molecule has 1 aromatic carbocycles. The molecule has 154 valence electrons. The molecule has 0 radical (unpaired) electrons. The summed E-state index contributed by atoms with van der Waals surface area (Å²) >= 11 is 1.78. The lowest BCUT2D eigenvalue weighted by Crippen LogP contribution is -2.37. The second kappa shape index (κ2) is 10.8. The molecular formula is C20H29IN4O2S.